The maximum atomic E-state index is 12.0. The van der Waals surface area contributed by atoms with Gasteiger partial charge in [-0.2, -0.15) is 13.2 Å². The van der Waals surface area contributed by atoms with Gasteiger partial charge >= 0.3 is 6.18 Å². The van der Waals surface area contributed by atoms with Crippen molar-refractivity contribution in [1.29, 1.82) is 0 Å². The van der Waals surface area contributed by atoms with Gasteiger partial charge < -0.3 is 10.1 Å². The minimum Gasteiger partial charge on any atom is -0.370 e. The largest absolute Gasteiger partial charge is 0.411 e. The monoisotopic (exact) mass is 289 g/mol. The van der Waals surface area contributed by atoms with Crippen LogP contribution < -0.4 is 5.32 Å². The van der Waals surface area contributed by atoms with E-state index in [0.29, 0.717) is 17.6 Å². The van der Waals surface area contributed by atoms with Gasteiger partial charge in [-0.25, -0.2) is 9.97 Å². The summed E-state index contributed by atoms with van der Waals surface area (Å²) in [7, 11) is 0. The Morgan fingerprint density at radius 1 is 1.35 bits per heavy atom. The average Bonchev–Trinajstić information content (AvgIpc) is 3.19. The van der Waals surface area contributed by atoms with E-state index < -0.39 is 12.8 Å². The van der Waals surface area contributed by atoms with Gasteiger partial charge in [0.1, 0.15) is 19.0 Å². The number of aromatic nitrogens is 2. The minimum atomic E-state index is -4.32. The van der Waals surface area contributed by atoms with Crippen LogP contribution in [0.4, 0.5) is 19.0 Å². The molecule has 112 valence electrons. The summed E-state index contributed by atoms with van der Waals surface area (Å²) in [6.07, 6.45) is -1.22. The number of alkyl halides is 3. The van der Waals surface area contributed by atoms with Crippen LogP contribution in [0.15, 0.2) is 6.07 Å². The number of rotatable bonds is 7. The molecule has 1 aliphatic rings. The molecule has 0 saturated heterocycles. The Balaban J connectivity index is 2.00. The Morgan fingerprint density at radius 2 is 2.10 bits per heavy atom. The zero-order chi connectivity index (χ0) is 14.6. The summed E-state index contributed by atoms with van der Waals surface area (Å²) in [4.78, 5) is 8.47. The Morgan fingerprint density at radius 3 is 2.70 bits per heavy atom. The summed E-state index contributed by atoms with van der Waals surface area (Å²) in [5, 5.41) is 3.14. The summed E-state index contributed by atoms with van der Waals surface area (Å²) in [5.41, 5.74) is 0.893. The van der Waals surface area contributed by atoms with Gasteiger partial charge in [0.05, 0.1) is 0 Å². The quantitative estimate of drug-likeness (QED) is 0.837. The molecule has 0 unspecified atom stereocenters. The first-order valence-corrected chi connectivity index (χ1v) is 6.74. The minimum absolute atomic E-state index is 0.221. The highest BCUT2D eigenvalue weighted by Gasteiger charge is 2.28. The second kappa shape index (κ2) is 6.39. The van der Waals surface area contributed by atoms with Gasteiger partial charge in [-0.1, -0.05) is 6.92 Å². The van der Waals surface area contributed by atoms with Gasteiger partial charge in [0.25, 0.3) is 0 Å². The highest BCUT2D eigenvalue weighted by atomic mass is 19.4. The van der Waals surface area contributed by atoms with Crippen molar-refractivity contribution in [2.75, 3.05) is 18.5 Å². The summed E-state index contributed by atoms with van der Waals surface area (Å²) >= 11 is 0. The highest BCUT2D eigenvalue weighted by molar-refractivity contribution is 5.38. The SMILES string of the molecule is CCCNc1cc(C2CC2)nc(COCC(F)(F)F)n1. The average molecular weight is 289 g/mol. The molecule has 0 atom stereocenters. The smallest absolute Gasteiger partial charge is 0.370 e. The van der Waals surface area contributed by atoms with E-state index in [2.05, 4.69) is 20.0 Å². The van der Waals surface area contributed by atoms with Crippen molar-refractivity contribution in [3.63, 3.8) is 0 Å². The zero-order valence-corrected chi connectivity index (χ0v) is 11.3. The Labute approximate surface area is 115 Å². The number of hydrogen-bond donors (Lipinski definition) is 1. The van der Waals surface area contributed by atoms with E-state index in [9.17, 15) is 13.2 Å². The molecule has 0 spiro atoms. The third-order valence-corrected chi connectivity index (χ3v) is 2.84. The van der Waals surface area contributed by atoms with E-state index in [1.807, 2.05) is 13.0 Å². The maximum absolute atomic E-state index is 12.0. The molecule has 0 radical (unpaired) electrons. The summed E-state index contributed by atoms with van der Waals surface area (Å²) < 4.78 is 40.8. The fraction of sp³-hybridized carbons (Fsp3) is 0.692. The molecule has 2 rings (SSSR count). The van der Waals surface area contributed by atoms with Crippen LogP contribution in [0, 0.1) is 0 Å². The molecule has 4 nitrogen and oxygen atoms in total. The van der Waals surface area contributed by atoms with Crippen molar-refractivity contribution < 1.29 is 17.9 Å². The van der Waals surface area contributed by atoms with Crippen molar-refractivity contribution in [1.82, 2.24) is 9.97 Å². The first kappa shape index (κ1) is 15.0. The first-order chi connectivity index (χ1) is 9.48. The topological polar surface area (TPSA) is 47.0 Å². The predicted molar refractivity (Wildman–Crippen MR) is 68.5 cm³/mol. The van der Waals surface area contributed by atoms with Crippen molar-refractivity contribution in [2.45, 2.75) is 44.9 Å². The third-order valence-electron chi connectivity index (χ3n) is 2.84. The number of ether oxygens (including phenoxy) is 1. The molecule has 1 N–H and O–H groups in total. The number of nitrogens with zero attached hydrogens (tertiary/aromatic N) is 2. The van der Waals surface area contributed by atoms with E-state index in [0.717, 1.165) is 31.5 Å². The van der Waals surface area contributed by atoms with Gasteiger partial charge in [0.2, 0.25) is 0 Å². The fourth-order valence-corrected chi connectivity index (χ4v) is 1.77. The zero-order valence-electron chi connectivity index (χ0n) is 11.3. The molecular weight excluding hydrogens is 271 g/mol. The lowest BCUT2D eigenvalue weighted by Crippen LogP contribution is -2.17. The van der Waals surface area contributed by atoms with Crippen LogP contribution in [-0.2, 0) is 11.3 Å². The van der Waals surface area contributed by atoms with Crippen LogP contribution in [0.1, 0.15) is 43.6 Å². The van der Waals surface area contributed by atoms with Crippen LogP contribution in [0.5, 0.6) is 0 Å². The maximum Gasteiger partial charge on any atom is 0.411 e. The van der Waals surface area contributed by atoms with Gasteiger partial charge in [-0.05, 0) is 19.3 Å². The summed E-state index contributed by atoms with van der Waals surface area (Å²) in [6.45, 7) is 1.30. The molecular formula is C13H18F3N3O. The molecule has 0 aliphatic heterocycles. The highest BCUT2D eigenvalue weighted by Crippen LogP contribution is 2.39. The van der Waals surface area contributed by atoms with Crippen LogP contribution >= 0.6 is 0 Å². The Bertz CT molecular complexity index is 447. The van der Waals surface area contributed by atoms with Crippen LogP contribution in [-0.4, -0.2) is 29.3 Å². The van der Waals surface area contributed by atoms with Gasteiger partial charge in [-0.15, -0.1) is 0 Å². The molecule has 0 amide bonds. The lowest BCUT2D eigenvalue weighted by Gasteiger charge is -2.10. The van der Waals surface area contributed by atoms with E-state index in [1.165, 1.54) is 0 Å². The van der Waals surface area contributed by atoms with E-state index in [4.69, 9.17) is 0 Å². The first-order valence-electron chi connectivity index (χ1n) is 6.74. The molecule has 20 heavy (non-hydrogen) atoms. The molecule has 1 fully saturated rings. The summed E-state index contributed by atoms with van der Waals surface area (Å²) in [5.74, 6) is 1.38. The number of anilines is 1. The molecule has 1 saturated carbocycles. The van der Waals surface area contributed by atoms with Gasteiger partial charge in [0, 0.05) is 24.2 Å². The second-order valence-electron chi connectivity index (χ2n) is 4.90. The van der Waals surface area contributed by atoms with Gasteiger partial charge in [-0.3, -0.25) is 0 Å². The van der Waals surface area contributed by atoms with E-state index >= 15 is 0 Å². The van der Waals surface area contributed by atoms with Crippen molar-refractivity contribution in [3.8, 4) is 0 Å². The standard InChI is InChI=1S/C13H18F3N3O/c1-2-5-17-11-6-10(9-3-4-9)18-12(19-11)7-20-8-13(14,15)16/h6,9H,2-5,7-8H2,1H3,(H,17,18,19). The number of hydrogen-bond acceptors (Lipinski definition) is 4. The fourth-order valence-electron chi connectivity index (χ4n) is 1.77. The van der Waals surface area contributed by atoms with Crippen LogP contribution in [0.3, 0.4) is 0 Å². The lowest BCUT2D eigenvalue weighted by atomic mass is 10.2. The van der Waals surface area contributed by atoms with Crippen molar-refractivity contribution in [2.24, 2.45) is 0 Å². The van der Waals surface area contributed by atoms with Crippen LogP contribution in [0.25, 0.3) is 0 Å². The molecule has 1 aliphatic carbocycles. The van der Waals surface area contributed by atoms with E-state index in [1.54, 1.807) is 0 Å². The molecule has 1 heterocycles. The normalized spacial score (nSPS) is 15.4. The van der Waals surface area contributed by atoms with Crippen molar-refractivity contribution >= 4 is 5.82 Å². The second-order valence-corrected chi connectivity index (χ2v) is 4.90. The Kier molecular flexibility index (Phi) is 4.80. The predicted octanol–water partition coefficient (Wildman–Crippen LogP) is 3.25. The summed E-state index contributed by atoms with van der Waals surface area (Å²) in [6, 6.07) is 1.88. The molecule has 0 aromatic carbocycles. The number of nitrogens with one attached hydrogen (secondary N) is 1. The Hall–Kier alpha value is -1.37. The molecule has 1 aromatic rings. The van der Waals surface area contributed by atoms with Crippen molar-refractivity contribution in [3.05, 3.63) is 17.6 Å². The lowest BCUT2D eigenvalue weighted by molar-refractivity contribution is -0.177. The molecule has 1 aromatic heterocycles. The molecule has 7 heteroatoms. The number of halogens is 3. The van der Waals surface area contributed by atoms with Crippen LogP contribution in [0.2, 0.25) is 0 Å². The van der Waals surface area contributed by atoms with E-state index in [-0.39, 0.29) is 6.61 Å². The van der Waals surface area contributed by atoms with Gasteiger partial charge in [0.15, 0.2) is 5.82 Å². The molecule has 0 bridgehead atoms. The third kappa shape index (κ3) is 4.96.